The van der Waals surface area contributed by atoms with Crippen molar-refractivity contribution in [2.75, 3.05) is 12.9 Å². The quantitative estimate of drug-likeness (QED) is 0.594. The molecular weight excluding hydrogens is 154 g/mol. The highest BCUT2D eigenvalue weighted by molar-refractivity contribution is 8.22. The SMILES string of the molecule is CSC(=S)[C@@H](N)CCO. The smallest absolute Gasteiger partial charge is 0.0644 e. The van der Waals surface area contributed by atoms with E-state index in [4.69, 9.17) is 23.1 Å². The molecule has 0 unspecified atom stereocenters. The summed E-state index contributed by atoms with van der Waals surface area (Å²) in [5.41, 5.74) is 5.52. The van der Waals surface area contributed by atoms with Gasteiger partial charge in [-0.25, -0.2) is 0 Å². The van der Waals surface area contributed by atoms with Crippen LogP contribution in [0, 0.1) is 0 Å². The standard InChI is InChI=1S/C5H11NOS2/c1-9-5(8)4(6)2-3-7/h4,7H,2-3,6H2,1H3/t4-/m0/s1. The van der Waals surface area contributed by atoms with Crippen molar-refractivity contribution in [2.45, 2.75) is 12.5 Å². The van der Waals surface area contributed by atoms with Gasteiger partial charge in [0.05, 0.1) is 4.20 Å². The minimum Gasteiger partial charge on any atom is -0.396 e. The molecule has 0 aliphatic rings. The van der Waals surface area contributed by atoms with Crippen LogP contribution in [0.4, 0.5) is 0 Å². The van der Waals surface area contributed by atoms with Crippen molar-refractivity contribution >= 4 is 28.2 Å². The molecule has 0 radical (unpaired) electrons. The summed E-state index contributed by atoms with van der Waals surface area (Å²) in [4.78, 5) is 0. The molecule has 0 aromatic heterocycles. The van der Waals surface area contributed by atoms with Crippen LogP contribution in [-0.2, 0) is 0 Å². The number of aliphatic hydroxyl groups is 1. The maximum Gasteiger partial charge on any atom is 0.0644 e. The first-order chi connectivity index (χ1) is 4.22. The first-order valence-electron chi connectivity index (χ1n) is 2.66. The first kappa shape index (κ1) is 9.36. The van der Waals surface area contributed by atoms with Crippen molar-refractivity contribution < 1.29 is 5.11 Å². The van der Waals surface area contributed by atoms with Crippen LogP contribution in [0.2, 0.25) is 0 Å². The number of nitrogens with two attached hydrogens (primary N) is 1. The molecule has 0 fully saturated rings. The van der Waals surface area contributed by atoms with Crippen LogP contribution >= 0.6 is 24.0 Å². The summed E-state index contributed by atoms with van der Waals surface area (Å²) in [5, 5.41) is 8.43. The highest BCUT2D eigenvalue weighted by Crippen LogP contribution is 2.03. The Labute approximate surface area is 64.8 Å². The zero-order valence-corrected chi connectivity index (χ0v) is 6.97. The van der Waals surface area contributed by atoms with E-state index in [2.05, 4.69) is 0 Å². The van der Waals surface area contributed by atoms with Gasteiger partial charge in [0.1, 0.15) is 0 Å². The number of rotatable bonds is 3. The van der Waals surface area contributed by atoms with E-state index in [-0.39, 0.29) is 12.6 Å². The molecule has 0 amide bonds. The van der Waals surface area contributed by atoms with Crippen LogP contribution in [0.3, 0.4) is 0 Å². The van der Waals surface area contributed by atoms with Gasteiger partial charge in [0.15, 0.2) is 0 Å². The van der Waals surface area contributed by atoms with Gasteiger partial charge in [0, 0.05) is 12.6 Å². The summed E-state index contributed by atoms with van der Waals surface area (Å²) in [7, 11) is 0. The lowest BCUT2D eigenvalue weighted by molar-refractivity contribution is 0.286. The van der Waals surface area contributed by atoms with Crippen LogP contribution < -0.4 is 5.73 Å². The van der Waals surface area contributed by atoms with E-state index in [1.807, 2.05) is 6.26 Å². The fourth-order valence-corrected chi connectivity index (χ4v) is 0.947. The Morgan fingerprint density at radius 3 is 2.78 bits per heavy atom. The van der Waals surface area contributed by atoms with Gasteiger partial charge in [0.25, 0.3) is 0 Å². The van der Waals surface area contributed by atoms with Gasteiger partial charge in [-0.2, -0.15) is 0 Å². The normalized spacial score (nSPS) is 13.2. The van der Waals surface area contributed by atoms with Crippen molar-refractivity contribution in [1.82, 2.24) is 0 Å². The zero-order chi connectivity index (χ0) is 7.28. The Hall–Kier alpha value is 0.360. The molecule has 0 saturated carbocycles. The molecule has 0 heterocycles. The third-order valence-electron chi connectivity index (χ3n) is 0.944. The lowest BCUT2D eigenvalue weighted by atomic mass is 10.3. The predicted molar refractivity (Wildman–Crippen MR) is 45.8 cm³/mol. The second-order valence-electron chi connectivity index (χ2n) is 1.64. The van der Waals surface area contributed by atoms with Gasteiger partial charge in [-0.15, -0.1) is 11.8 Å². The summed E-state index contributed by atoms with van der Waals surface area (Å²) >= 11 is 6.34. The Bertz CT molecular complexity index is 97.0. The molecule has 0 aliphatic heterocycles. The summed E-state index contributed by atoms with van der Waals surface area (Å²) in [6.45, 7) is 0.113. The van der Waals surface area contributed by atoms with Gasteiger partial charge in [0.2, 0.25) is 0 Å². The third kappa shape index (κ3) is 3.86. The van der Waals surface area contributed by atoms with Crippen LogP contribution in [0.15, 0.2) is 0 Å². The Morgan fingerprint density at radius 2 is 2.44 bits per heavy atom. The van der Waals surface area contributed by atoms with Crippen LogP contribution in [0.5, 0.6) is 0 Å². The van der Waals surface area contributed by atoms with E-state index in [9.17, 15) is 0 Å². The highest BCUT2D eigenvalue weighted by Gasteiger charge is 2.05. The average molecular weight is 165 g/mol. The molecule has 3 N–H and O–H groups in total. The van der Waals surface area contributed by atoms with Gasteiger partial charge in [-0.3, -0.25) is 0 Å². The average Bonchev–Trinajstić information content (AvgIpc) is 1.87. The lowest BCUT2D eigenvalue weighted by Crippen LogP contribution is -2.27. The maximum absolute atomic E-state index is 8.43. The number of hydrogen-bond acceptors (Lipinski definition) is 4. The number of hydrogen-bond donors (Lipinski definition) is 2. The molecule has 4 heteroatoms. The largest absolute Gasteiger partial charge is 0.396 e. The van der Waals surface area contributed by atoms with E-state index in [0.717, 1.165) is 4.20 Å². The highest BCUT2D eigenvalue weighted by atomic mass is 32.2. The second-order valence-corrected chi connectivity index (χ2v) is 3.19. The molecule has 9 heavy (non-hydrogen) atoms. The number of thioether (sulfide) groups is 1. The first-order valence-corrected chi connectivity index (χ1v) is 4.30. The van der Waals surface area contributed by atoms with E-state index >= 15 is 0 Å². The summed E-state index contributed by atoms with van der Waals surface area (Å²) in [6.07, 6.45) is 2.46. The van der Waals surface area contributed by atoms with Crippen LogP contribution in [0.1, 0.15) is 6.42 Å². The van der Waals surface area contributed by atoms with E-state index in [1.165, 1.54) is 11.8 Å². The van der Waals surface area contributed by atoms with E-state index < -0.39 is 0 Å². The van der Waals surface area contributed by atoms with Gasteiger partial charge in [-0.1, -0.05) is 12.2 Å². The molecule has 0 aromatic rings. The van der Waals surface area contributed by atoms with Crippen molar-refractivity contribution in [1.29, 1.82) is 0 Å². The molecule has 0 aromatic carbocycles. The topological polar surface area (TPSA) is 46.2 Å². The van der Waals surface area contributed by atoms with Crippen molar-refractivity contribution in [3.05, 3.63) is 0 Å². The summed E-state index contributed by atoms with van der Waals surface area (Å²) in [6, 6.07) is -0.125. The molecule has 2 nitrogen and oxygen atoms in total. The molecule has 0 saturated heterocycles. The number of aliphatic hydroxyl groups excluding tert-OH is 1. The third-order valence-corrected chi connectivity index (χ3v) is 2.45. The Balaban J connectivity index is 3.45. The van der Waals surface area contributed by atoms with E-state index in [1.54, 1.807) is 0 Å². The Kier molecular flexibility index (Phi) is 5.38. The van der Waals surface area contributed by atoms with Gasteiger partial charge < -0.3 is 10.8 Å². The Morgan fingerprint density at radius 1 is 1.89 bits per heavy atom. The van der Waals surface area contributed by atoms with Crippen LogP contribution in [-0.4, -0.2) is 28.2 Å². The second kappa shape index (κ2) is 5.17. The monoisotopic (exact) mass is 165 g/mol. The predicted octanol–water partition coefficient (Wildman–Crippen LogP) is 0.387. The van der Waals surface area contributed by atoms with Gasteiger partial charge in [-0.05, 0) is 12.7 Å². The molecule has 54 valence electrons. The molecule has 0 bridgehead atoms. The van der Waals surface area contributed by atoms with Crippen molar-refractivity contribution in [2.24, 2.45) is 5.73 Å². The number of thiocarbonyl (C=S) groups is 1. The van der Waals surface area contributed by atoms with E-state index in [0.29, 0.717) is 6.42 Å². The van der Waals surface area contributed by atoms with Crippen molar-refractivity contribution in [3.63, 3.8) is 0 Å². The fraction of sp³-hybridized carbons (Fsp3) is 0.800. The summed E-state index contributed by atoms with van der Waals surface area (Å²) < 4.78 is 0.768. The van der Waals surface area contributed by atoms with Crippen LogP contribution in [0.25, 0.3) is 0 Å². The lowest BCUT2D eigenvalue weighted by Gasteiger charge is -2.07. The maximum atomic E-state index is 8.43. The molecule has 0 rings (SSSR count). The summed E-state index contributed by atoms with van der Waals surface area (Å²) in [5.74, 6) is 0. The molecule has 1 atom stereocenters. The molecule has 0 spiro atoms. The molecule has 0 aliphatic carbocycles. The zero-order valence-electron chi connectivity index (χ0n) is 5.33. The minimum atomic E-state index is -0.125. The minimum absolute atomic E-state index is 0.113. The van der Waals surface area contributed by atoms with Gasteiger partial charge >= 0.3 is 0 Å². The molecular formula is C5H11NOS2. The fourth-order valence-electron chi connectivity index (χ4n) is 0.408. The van der Waals surface area contributed by atoms with Crippen molar-refractivity contribution in [3.8, 4) is 0 Å².